The van der Waals surface area contributed by atoms with Gasteiger partial charge in [-0.25, -0.2) is 0 Å². The number of fused-ring (bicyclic) bond motifs is 1. The van der Waals surface area contributed by atoms with Crippen LogP contribution in [0.3, 0.4) is 0 Å². The molecule has 0 aliphatic heterocycles. The molecule has 2 aromatic rings. The third-order valence-corrected chi connectivity index (χ3v) is 3.65. The third-order valence-electron chi connectivity index (χ3n) is 1.80. The molecule has 1 aromatic heterocycles. The summed E-state index contributed by atoms with van der Waals surface area (Å²) in [4.78, 5) is 0. The molecule has 0 fully saturated rings. The Hall–Kier alpha value is -0.180. The lowest BCUT2D eigenvalue weighted by molar-refractivity contribution is 1.53. The molecule has 62 valence electrons. The maximum absolute atomic E-state index is 6.01. The molecule has 0 radical (unpaired) electrons. The minimum atomic E-state index is 0.778. The molecule has 0 aliphatic rings. The van der Waals surface area contributed by atoms with E-state index in [1.54, 1.807) is 11.3 Å². The lowest BCUT2D eigenvalue weighted by Gasteiger charge is -1.94. The van der Waals surface area contributed by atoms with E-state index < -0.39 is 0 Å². The van der Waals surface area contributed by atoms with Crippen molar-refractivity contribution in [1.29, 1.82) is 0 Å². The summed E-state index contributed by atoms with van der Waals surface area (Å²) in [5, 5.41) is 4.19. The normalized spacial score (nSPS) is 10.8. The Morgan fingerprint density at radius 3 is 3.00 bits per heavy atom. The Morgan fingerprint density at radius 2 is 2.25 bits per heavy atom. The highest BCUT2D eigenvalue weighted by atomic mass is 35.5. The molecule has 12 heavy (non-hydrogen) atoms. The van der Waals surface area contributed by atoms with E-state index in [2.05, 4.69) is 24.1 Å². The Labute approximate surface area is 85.6 Å². The van der Waals surface area contributed by atoms with Crippen molar-refractivity contribution >= 4 is 45.7 Å². The number of hydrogen-bond acceptors (Lipinski definition) is 2. The zero-order chi connectivity index (χ0) is 8.55. The van der Waals surface area contributed by atoms with Gasteiger partial charge in [-0.1, -0.05) is 23.7 Å². The lowest BCUT2D eigenvalue weighted by Crippen LogP contribution is -1.72. The third kappa shape index (κ3) is 1.24. The van der Waals surface area contributed by atoms with Crippen LogP contribution in [0.1, 0.15) is 5.56 Å². The van der Waals surface area contributed by atoms with Gasteiger partial charge in [0, 0.05) is 5.75 Å². The van der Waals surface area contributed by atoms with Crippen molar-refractivity contribution in [3.8, 4) is 0 Å². The molecule has 0 saturated carbocycles. The molecule has 3 heteroatoms. The van der Waals surface area contributed by atoms with Gasteiger partial charge in [0.05, 0.1) is 9.72 Å². The first-order valence-electron chi connectivity index (χ1n) is 3.58. The molecule has 0 unspecified atom stereocenters. The predicted octanol–water partition coefficient (Wildman–Crippen LogP) is 3.98. The van der Waals surface area contributed by atoms with Crippen LogP contribution in [0.4, 0.5) is 0 Å². The minimum Gasteiger partial charge on any atom is -0.174 e. The zero-order valence-electron chi connectivity index (χ0n) is 6.25. The summed E-state index contributed by atoms with van der Waals surface area (Å²) in [5.41, 5.74) is 1.26. The fourth-order valence-electron chi connectivity index (χ4n) is 1.20. The number of hydrogen-bond donors (Lipinski definition) is 1. The first kappa shape index (κ1) is 8.42. The number of thiophene rings is 1. The fourth-order valence-corrected chi connectivity index (χ4v) is 2.87. The number of halogens is 1. The molecule has 2 rings (SSSR count). The smallest absolute Gasteiger partial charge is 0.0584 e. The SMILES string of the molecule is SCc1csc2c(Cl)cccc12. The summed E-state index contributed by atoms with van der Waals surface area (Å²) in [6, 6.07) is 5.98. The topological polar surface area (TPSA) is 0 Å². The van der Waals surface area contributed by atoms with Crippen LogP contribution in [0.25, 0.3) is 10.1 Å². The van der Waals surface area contributed by atoms with E-state index in [0.29, 0.717) is 0 Å². The zero-order valence-corrected chi connectivity index (χ0v) is 8.72. The van der Waals surface area contributed by atoms with Gasteiger partial charge in [-0.05, 0) is 22.4 Å². The summed E-state index contributed by atoms with van der Waals surface area (Å²) in [6.45, 7) is 0. The Bertz CT molecular complexity index is 406. The largest absolute Gasteiger partial charge is 0.174 e. The highest BCUT2D eigenvalue weighted by molar-refractivity contribution is 7.79. The standard InChI is InChI=1S/C9H7ClS2/c10-8-3-1-2-7-6(4-11)5-12-9(7)8/h1-3,5,11H,4H2. The van der Waals surface area contributed by atoms with Crippen LogP contribution in [-0.4, -0.2) is 0 Å². The highest BCUT2D eigenvalue weighted by Gasteiger charge is 2.04. The summed E-state index contributed by atoms with van der Waals surface area (Å²) < 4.78 is 1.17. The first-order chi connectivity index (χ1) is 5.83. The Morgan fingerprint density at radius 1 is 1.42 bits per heavy atom. The van der Waals surface area contributed by atoms with Crippen molar-refractivity contribution in [2.75, 3.05) is 0 Å². The molecule has 0 aliphatic carbocycles. The van der Waals surface area contributed by atoms with E-state index in [9.17, 15) is 0 Å². The average molecular weight is 215 g/mol. The second-order valence-electron chi connectivity index (χ2n) is 2.54. The van der Waals surface area contributed by atoms with Crippen molar-refractivity contribution in [3.05, 3.63) is 34.2 Å². The molecule has 0 amide bonds. The summed E-state index contributed by atoms with van der Waals surface area (Å²) >= 11 is 11.9. The molecule has 0 spiro atoms. The average Bonchev–Trinajstić information content (AvgIpc) is 2.49. The van der Waals surface area contributed by atoms with Crippen molar-refractivity contribution in [2.24, 2.45) is 0 Å². The molecular weight excluding hydrogens is 208 g/mol. The first-order valence-corrected chi connectivity index (χ1v) is 5.47. The summed E-state index contributed by atoms with van der Waals surface area (Å²) in [5.74, 6) is 0.778. The maximum Gasteiger partial charge on any atom is 0.0584 e. The second kappa shape index (κ2) is 3.29. The molecule has 0 N–H and O–H groups in total. The quantitative estimate of drug-likeness (QED) is 0.682. The monoisotopic (exact) mass is 214 g/mol. The van der Waals surface area contributed by atoms with Gasteiger partial charge in [-0.3, -0.25) is 0 Å². The summed E-state index contributed by atoms with van der Waals surface area (Å²) in [6.07, 6.45) is 0. The number of thiol groups is 1. The van der Waals surface area contributed by atoms with E-state index >= 15 is 0 Å². The van der Waals surface area contributed by atoms with E-state index in [-0.39, 0.29) is 0 Å². The predicted molar refractivity (Wildman–Crippen MR) is 59.5 cm³/mol. The highest BCUT2D eigenvalue weighted by Crippen LogP contribution is 2.32. The lowest BCUT2D eigenvalue weighted by atomic mass is 10.2. The van der Waals surface area contributed by atoms with Crippen LogP contribution in [0.5, 0.6) is 0 Å². The van der Waals surface area contributed by atoms with E-state index in [4.69, 9.17) is 11.6 Å². The Kier molecular flexibility index (Phi) is 2.31. The molecular formula is C9H7ClS2. The van der Waals surface area contributed by atoms with Crippen LogP contribution in [-0.2, 0) is 5.75 Å². The van der Waals surface area contributed by atoms with Gasteiger partial charge >= 0.3 is 0 Å². The van der Waals surface area contributed by atoms with Crippen LogP contribution in [0.2, 0.25) is 5.02 Å². The van der Waals surface area contributed by atoms with Crippen LogP contribution < -0.4 is 0 Å². The summed E-state index contributed by atoms with van der Waals surface area (Å²) in [7, 11) is 0. The van der Waals surface area contributed by atoms with Crippen molar-refractivity contribution in [3.63, 3.8) is 0 Å². The van der Waals surface area contributed by atoms with Gasteiger partial charge in [-0.2, -0.15) is 12.6 Å². The van der Waals surface area contributed by atoms with E-state index in [1.165, 1.54) is 15.6 Å². The minimum absolute atomic E-state index is 0.778. The number of rotatable bonds is 1. The van der Waals surface area contributed by atoms with Gasteiger partial charge in [0.25, 0.3) is 0 Å². The molecule has 0 nitrogen and oxygen atoms in total. The number of benzene rings is 1. The van der Waals surface area contributed by atoms with Crippen molar-refractivity contribution in [1.82, 2.24) is 0 Å². The molecule has 1 aromatic carbocycles. The van der Waals surface area contributed by atoms with Gasteiger partial charge < -0.3 is 0 Å². The van der Waals surface area contributed by atoms with Crippen molar-refractivity contribution in [2.45, 2.75) is 5.75 Å². The van der Waals surface area contributed by atoms with E-state index in [0.717, 1.165) is 10.8 Å². The van der Waals surface area contributed by atoms with E-state index in [1.807, 2.05) is 12.1 Å². The molecule has 1 heterocycles. The van der Waals surface area contributed by atoms with Gasteiger partial charge in [0.1, 0.15) is 0 Å². The van der Waals surface area contributed by atoms with Crippen LogP contribution in [0, 0.1) is 0 Å². The van der Waals surface area contributed by atoms with Crippen LogP contribution >= 0.6 is 35.6 Å². The molecule has 0 atom stereocenters. The maximum atomic E-state index is 6.01. The Balaban J connectivity index is 2.80. The van der Waals surface area contributed by atoms with Gasteiger partial charge in [0.15, 0.2) is 0 Å². The molecule has 0 bridgehead atoms. The van der Waals surface area contributed by atoms with Gasteiger partial charge in [0.2, 0.25) is 0 Å². The second-order valence-corrected chi connectivity index (χ2v) is 4.14. The fraction of sp³-hybridized carbons (Fsp3) is 0.111. The van der Waals surface area contributed by atoms with Gasteiger partial charge in [-0.15, -0.1) is 11.3 Å². The van der Waals surface area contributed by atoms with Crippen molar-refractivity contribution < 1.29 is 0 Å². The molecule has 0 saturated heterocycles. The van der Waals surface area contributed by atoms with Crippen LogP contribution in [0.15, 0.2) is 23.6 Å².